The number of piperidine rings is 1. The summed E-state index contributed by atoms with van der Waals surface area (Å²) in [5.41, 5.74) is 1.55. The van der Waals surface area contributed by atoms with Gasteiger partial charge in [0.2, 0.25) is 11.9 Å². The third-order valence-electron chi connectivity index (χ3n) is 5.58. The summed E-state index contributed by atoms with van der Waals surface area (Å²) >= 11 is 0. The summed E-state index contributed by atoms with van der Waals surface area (Å²) in [6.07, 6.45) is -1.01. The van der Waals surface area contributed by atoms with E-state index in [2.05, 4.69) is 10.3 Å². The number of nitrogens with one attached hydrogen (secondary N) is 1. The van der Waals surface area contributed by atoms with E-state index in [4.69, 9.17) is 5.26 Å². The normalized spacial score (nSPS) is 15.1. The lowest BCUT2D eigenvalue weighted by Crippen LogP contribution is -2.40. The van der Waals surface area contributed by atoms with Gasteiger partial charge in [0.05, 0.1) is 23.0 Å². The van der Waals surface area contributed by atoms with Crippen LogP contribution in [0.5, 0.6) is 0 Å². The number of nitrogens with zero attached hydrogens (tertiary/aromatic N) is 4. The van der Waals surface area contributed by atoms with Crippen LogP contribution >= 0.6 is 0 Å². The summed E-state index contributed by atoms with van der Waals surface area (Å²) < 4.78 is 40.1. The molecule has 0 unspecified atom stereocenters. The molecule has 0 spiro atoms. The van der Waals surface area contributed by atoms with E-state index < -0.39 is 11.7 Å². The Bertz CT molecular complexity index is 1120. The predicted octanol–water partition coefficient (Wildman–Crippen LogP) is 4.35. The second kappa shape index (κ2) is 8.30. The number of benzene rings is 2. The molecule has 9 heteroatoms. The number of imidazole rings is 1. The van der Waals surface area contributed by atoms with Crippen molar-refractivity contribution in [3.05, 3.63) is 59.7 Å². The van der Waals surface area contributed by atoms with Gasteiger partial charge in [-0.05, 0) is 42.7 Å². The molecule has 0 radical (unpaired) electrons. The Labute approximate surface area is 176 Å². The molecule has 6 nitrogen and oxygen atoms in total. The zero-order valence-electron chi connectivity index (χ0n) is 16.6. The molecule has 0 saturated carbocycles. The number of hydrogen-bond acceptors (Lipinski definition) is 4. The highest BCUT2D eigenvalue weighted by Crippen LogP contribution is 2.32. The van der Waals surface area contributed by atoms with Crippen molar-refractivity contribution in [1.82, 2.24) is 14.5 Å². The van der Waals surface area contributed by atoms with Gasteiger partial charge in [0, 0.05) is 19.1 Å². The molecule has 1 N–H and O–H groups in total. The van der Waals surface area contributed by atoms with E-state index in [0.717, 1.165) is 23.2 Å². The number of halogens is 3. The van der Waals surface area contributed by atoms with Gasteiger partial charge in [0.1, 0.15) is 0 Å². The minimum absolute atomic E-state index is 0.0675. The zero-order chi connectivity index (χ0) is 22.0. The summed E-state index contributed by atoms with van der Waals surface area (Å²) in [5.74, 6) is 0.377. The molecule has 0 atom stereocenters. The maximum Gasteiger partial charge on any atom is 0.416 e. The average Bonchev–Trinajstić information content (AvgIpc) is 3.12. The van der Waals surface area contributed by atoms with Crippen LogP contribution in [-0.2, 0) is 17.4 Å². The fourth-order valence-corrected chi connectivity index (χ4v) is 4.02. The Kier molecular flexibility index (Phi) is 5.55. The van der Waals surface area contributed by atoms with Crippen LogP contribution in [0.4, 0.5) is 19.1 Å². The minimum Gasteiger partial charge on any atom is -0.342 e. The summed E-state index contributed by atoms with van der Waals surface area (Å²) in [6.45, 7) is 1.06. The Morgan fingerprint density at radius 1 is 1.13 bits per heavy atom. The largest absolute Gasteiger partial charge is 0.416 e. The van der Waals surface area contributed by atoms with Crippen LogP contribution in [0.3, 0.4) is 0 Å². The van der Waals surface area contributed by atoms with Crippen molar-refractivity contribution >= 4 is 22.9 Å². The molecular formula is C22H20F3N5O. The molecular weight excluding hydrogens is 407 g/mol. The number of alkyl halides is 3. The van der Waals surface area contributed by atoms with Crippen LogP contribution in [0, 0.1) is 11.5 Å². The highest BCUT2D eigenvalue weighted by Gasteiger charge is 2.30. The van der Waals surface area contributed by atoms with E-state index in [1.807, 2.05) is 35.0 Å². The molecule has 1 aliphatic heterocycles. The van der Waals surface area contributed by atoms with Crippen LogP contribution in [0.2, 0.25) is 0 Å². The quantitative estimate of drug-likeness (QED) is 0.496. The number of para-hydroxylation sites is 2. The monoisotopic (exact) mass is 427 g/mol. The first kappa shape index (κ1) is 20.7. The first-order valence-corrected chi connectivity index (χ1v) is 9.93. The predicted molar refractivity (Wildman–Crippen MR) is 109 cm³/mol. The molecule has 1 amide bonds. The number of rotatable bonds is 4. The molecule has 1 aliphatic rings. The number of anilines is 1. The van der Waals surface area contributed by atoms with Crippen molar-refractivity contribution in [2.75, 3.05) is 18.4 Å². The molecule has 0 aliphatic carbocycles. The smallest absolute Gasteiger partial charge is 0.342 e. The van der Waals surface area contributed by atoms with Gasteiger partial charge < -0.3 is 9.47 Å². The van der Waals surface area contributed by atoms with E-state index >= 15 is 0 Å². The van der Waals surface area contributed by atoms with Gasteiger partial charge in [-0.2, -0.15) is 18.4 Å². The number of nitriles is 1. The number of carbonyl (C=O) groups excluding carboxylic acids is 1. The second-order valence-corrected chi connectivity index (χ2v) is 7.51. The van der Waals surface area contributed by atoms with Crippen molar-refractivity contribution in [3.8, 4) is 6.19 Å². The Balaban J connectivity index is 1.42. The minimum atomic E-state index is -4.39. The molecule has 1 saturated heterocycles. The third-order valence-corrected chi connectivity index (χ3v) is 5.58. The summed E-state index contributed by atoms with van der Waals surface area (Å²) in [6, 6.07) is 12.4. The Hall–Kier alpha value is -3.54. The van der Waals surface area contributed by atoms with Gasteiger partial charge in [-0.15, -0.1) is 0 Å². The van der Waals surface area contributed by atoms with Crippen molar-refractivity contribution in [3.63, 3.8) is 0 Å². The van der Waals surface area contributed by atoms with E-state index in [1.165, 1.54) is 12.1 Å². The van der Waals surface area contributed by atoms with E-state index in [-0.39, 0.29) is 18.4 Å². The standard InChI is InChI=1S/C22H20F3N5O/c23-22(24,25)16-7-5-15(6-8-16)13-20(31)29-11-9-17(10-12-29)30-19-4-2-1-3-18(19)28-21(30)27-14-26/h1-8,17H,9-13H2,(H,27,28). The van der Waals surface area contributed by atoms with E-state index in [1.54, 1.807) is 4.90 Å². The van der Waals surface area contributed by atoms with Crippen molar-refractivity contribution < 1.29 is 18.0 Å². The fourth-order valence-electron chi connectivity index (χ4n) is 4.02. The highest BCUT2D eigenvalue weighted by molar-refractivity contribution is 5.80. The average molecular weight is 427 g/mol. The third kappa shape index (κ3) is 4.33. The first-order valence-electron chi connectivity index (χ1n) is 9.93. The number of hydrogen-bond donors (Lipinski definition) is 1. The second-order valence-electron chi connectivity index (χ2n) is 7.51. The van der Waals surface area contributed by atoms with Crippen molar-refractivity contribution in [2.45, 2.75) is 31.5 Å². The Morgan fingerprint density at radius 3 is 2.45 bits per heavy atom. The number of fused-ring (bicyclic) bond motifs is 1. The van der Waals surface area contributed by atoms with Gasteiger partial charge in [-0.25, -0.2) is 4.98 Å². The van der Waals surface area contributed by atoms with Gasteiger partial charge >= 0.3 is 6.18 Å². The van der Waals surface area contributed by atoms with Gasteiger partial charge in [-0.3, -0.25) is 10.1 Å². The highest BCUT2D eigenvalue weighted by atomic mass is 19.4. The molecule has 3 aromatic rings. The molecule has 160 valence electrons. The molecule has 2 heterocycles. The zero-order valence-corrected chi connectivity index (χ0v) is 16.6. The number of amides is 1. The van der Waals surface area contributed by atoms with Crippen LogP contribution in [0.25, 0.3) is 11.0 Å². The molecule has 31 heavy (non-hydrogen) atoms. The maximum absolute atomic E-state index is 12.7. The van der Waals surface area contributed by atoms with Gasteiger partial charge in [0.15, 0.2) is 6.19 Å². The number of likely N-dealkylation sites (tertiary alicyclic amines) is 1. The summed E-state index contributed by atoms with van der Waals surface area (Å²) in [4.78, 5) is 18.9. The molecule has 0 bridgehead atoms. The van der Waals surface area contributed by atoms with Crippen LogP contribution < -0.4 is 5.32 Å². The molecule has 2 aromatic carbocycles. The first-order chi connectivity index (χ1) is 14.9. The van der Waals surface area contributed by atoms with Gasteiger partial charge in [-0.1, -0.05) is 24.3 Å². The van der Waals surface area contributed by atoms with Crippen LogP contribution in [-0.4, -0.2) is 33.4 Å². The maximum atomic E-state index is 12.7. The molecule has 4 rings (SSSR count). The SMILES string of the molecule is N#CNc1nc2ccccc2n1C1CCN(C(=O)Cc2ccc(C(F)(F)F)cc2)CC1. The van der Waals surface area contributed by atoms with Crippen LogP contribution in [0.15, 0.2) is 48.5 Å². The Morgan fingerprint density at radius 2 is 1.81 bits per heavy atom. The lowest BCUT2D eigenvalue weighted by molar-refractivity contribution is -0.137. The van der Waals surface area contributed by atoms with E-state index in [9.17, 15) is 18.0 Å². The molecule has 1 aromatic heterocycles. The lowest BCUT2D eigenvalue weighted by Gasteiger charge is -2.33. The van der Waals surface area contributed by atoms with Crippen LogP contribution in [0.1, 0.15) is 30.0 Å². The number of carbonyl (C=O) groups is 1. The fraction of sp³-hybridized carbons (Fsp3) is 0.318. The lowest BCUT2D eigenvalue weighted by atomic mass is 10.0. The summed E-state index contributed by atoms with van der Waals surface area (Å²) in [5, 5.41) is 11.7. The van der Waals surface area contributed by atoms with Crippen molar-refractivity contribution in [1.29, 1.82) is 5.26 Å². The topological polar surface area (TPSA) is 74.0 Å². The summed E-state index contributed by atoms with van der Waals surface area (Å²) in [7, 11) is 0. The number of aromatic nitrogens is 2. The van der Waals surface area contributed by atoms with Gasteiger partial charge in [0.25, 0.3) is 0 Å². The molecule has 1 fully saturated rings. The van der Waals surface area contributed by atoms with E-state index in [0.29, 0.717) is 37.4 Å². The van der Waals surface area contributed by atoms with Crippen molar-refractivity contribution in [2.24, 2.45) is 0 Å².